The second-order valence-corrected chi connectivity index (χ2v) is 4.28. The molecule has 1 unspecified atom stereocenters. The number of ether oxygens (including phenoxy) is 2. The number of nitrogens with two attached hydrogens (primary N) is 1. The quantitative estimate of drug-likeness (QED) is 0.872. The molecule has 1 aromatic carbocycles. The Hall–Kier alpha value is -2.08. The van der Waals surface area contributed by atoms with Gasteiger partial charge < -0.3 is 15.2 Å². The van der Waals surface area contributed by atoms with Gasteiger partial charge in [0.1, 0.15) is 0 Å². The van der Waals surface area contributed by atoms with Crippen molar-refractivity contribution in [3.63, 3.8) is 0 Å². The number of methoxy groups -OCH3 is 2. The molecule has 19 heavy (non-hydrogen) atoms. The van der Waals surface area contributed by atoms with E-state index >= 15 is 0 Å². The number of nitrogens with zero attached hydrogens (tertiary/aromatic N) is 3. The third-order valence-corrected chi connectivity index (χ3v) is 3.03. The Bertz CT molecular complexity index is 553. The maximum atomic E-state index is 6.16. The molecule has 6 heteroatoms. The minimum Gasteiger partial charge on any atom is -0.493 e. The third kappa shape index (κ3) is 2.85. The van der Waals surface area contributed by atoms with Crippen LogP contribution in [0.3, 0.4) is 0 Å². The van der Waals surface area contributed by atoms with Gasteiger partial charge in [0.25, 0.3) is 0 Å². The van der Waals surface area contributed by atoms with Crippen molar-refractivity contribution in [2.45, 2.75) is 12.5 Å². The van der Waals surface area contributed by atoms with Crippen LogP contribution in [0, 0.1) is 0 Å². The zero-order valence-corrected chi connectivity index (χ0v) is 11.3. The Labute approximate surface area is 112 Å². The predicted octanol–water partition coefficient (Wildman–Crippen LogP) is 1.07. The maximum Gasteiger partial charge on any atom is 0.160 e. The highest BCUT2D eigenvalue weighted by atomic mass is 16.5. The van der Waals surface area contributed by atoms with Gasteiger partial charge in [-0.2, -0.15) is 0 Å². The van der Waals surface area contributed by atoms with Crippen molar-refractivity contribution in [3.05, 3.63) is 35.7 Å². The highest BCUT2D eigenvalue weighted by Crippen LogP contribution is 2.28. The Balaban J connectivity index is 2.17. The smallest absolute Gasteiger partial charge is 0.160 e. The summed E-state index contributed by atoms with van der Waals surface area (Å²) in [5.41, 5.74) is 8.13. The standard InChI is InChI=1S/C13H18N4O2/c1-17-11(8-15-16-17)10(14)6-9-4-5-12(18-2)13(7-9)19-3/h4-5,7-8,10H,6,14H2,1-3H3. The summed E-state index contributed by atoms with van der Waals surface area (Å²) in [6.07, 6.45) is 2.37. The highest BCUT2D eigenvalue weighted by molar-refractivity contribution is 5.43. The molecule has 2 aromatic rings. The van der Waals surface area contributed by atoms with Gasteiger partial charge in [-0.05, 0) is 24.1 Å². The highest BCUT2D eigenvalue weighted by Gasteiger charge is 2.13. The van der Waals surface area contributed by atoms with E-state index in [1.807, 2.05) is 25.2 Å². The molecule has 0 saturated carbocycles. The zero-order chi connectivity index (χ0) is 13.8. The van der Waals surface area contributed by atoms with Crippen LogP contribution in [-0.2, 0) is 13.5 Å². The number of rotatable bonds is 5. The zero-order valence-electron chi connectivity index (χ0n) is 11.3. The van der Waals surface area contributed by atoms with Gasteiger partial charge in [0.05, 0.1) is 32.2 Å². The van der Waals surface area contributed by atoms with E-state index in [0.717, 1.165) is 11.3 Å². The van der Waals surface area contributed by atoms with E-state index in [4.69, 9.17) is 15.2 Å². The fraction of sp³-hybridized carbons (Fsp3) is 0.385. The summed E-state index contributed by atoms with van der Waals surface area (Å²) >= 11 is 0. The molecule has 102 valence electrons. The first-order valence-electron chi connectivity index (χ1n) is 5.96. The average molecular weight is 262 g/mol. The lowest BCUT2D eigenvalue weighted by atomic mass is 10.0. The molecule has 0 bridgehead atoms. The van der Waals surface area contributed by atoms with Crippen molar-refractivity contribution < 1.29 is 9.47 Å². The van der Waals surface area contributed by atoms with Gasteiger partial charge in [0.2, 0.25) is 0 Å². The van der Waals surface area contributed by atoms with Gasteiger partial charge in [0.15, 0.2) is 11.5 Å². The molecule has 0 fully saturated rings. The second-order valence-electron chi connectivity index (χ2n) is 4.28. The Morgan fingerprint density at radius 2 is 2.00 bits per heavy atom. The fourth-order valence-electron chi connectivity index (χ4n) is 2.00. The molecule has 0 spiro atoms. The lowest BCUT2D eigenvalue weighted by molar-refractivity contribution is 0.354. The Morgan fingerprint density at radius 1 is 1.26 bits per heavy atom. The molecule has 1 heterocycles. The van der Waals surface area contributed by atoms with Crippen LogP contribution in [0.25, 0.3) is 0 Å². The molecular weight excluding hydrogens is 244 g/mol. The molecule has 1 atom stereocenters. The average Bonchev–Trinajstić information content (AvgIpc) is 2.85. The normalized spacial score (nSPS) is 12.2. The van der Waals surface area contributed by atoms with Crippen LogP contribution in [0.15, 0.2) is 24.4 Å². The van der Waals surface area contributed by atoms with Crippen LogP contribution >= 0.6 is 0 Å². The van der Waals surface area contributed by atoms with Crippen LogP contribution in [0.5, 0.6) is 11.5 Å². The lowest BCUT2D eigenvalue weighted by Gasteiger charge is -2.13. The monoisotopic (exact) mass is 262 g/mol. The first-order valence-corrected chi connectivity index (χ1v) is 5.96. The fourth-order valence-corrected chi connectivity index (χ4v) is 2.00. The molecule has 2 rings (SSSR count). The lowest BCUT2D eigenvalue weighted by Crippen LogP contribution is -2.17. The van der Waals surface area contributed by atoms with Gasteiger partial charge in [-0.25, -0.2) is 0 Å². The van der Waals surface area contributed by atoms with E-state index in [1.54, 1.807) is 25.1 Å². The molecule has 0 saturated heterocycles. The number of aromatic nitrogens is 3. The Morgan fingerprint density at radius 3 is 2.58 bits per heavy atom. The molecule has 0 aliphatic rings. The van der Waals surface area contributed by atoms with Crippen LogP contribution in [0.1, 0.15) is 17.3 Å². The third-order valence-electron chi connectivity index (χ3n) is 3.03. The van der Waals surface area contributed by atoms with Crippen molar-refractivity contribution in [1.29, 1.82) is 0 Å². The van der Waals surface area contributed by atoms with Crippen molar-refractivity contribution in [3.8, 4) is 11.5 Å². The molecule has 0 aliphatic carbocycles. The summed E-state index contributed by atoms with van der Waals surface area (Å²) < 4.78 is 12.2. The van der Waals surface area contributed by atoms with E-state index in [1.165, 1.54) is 0 Å². The van der Waals surface area contributed by atoms with Gasteiger partial charge in [-0.3, -0.25) is 4.68 Å². The van der Waals surface area contributed by atoms with Crippen LogP contribution < -0.4 is 15.2 Å². The van der Waals surface area contributed by atoms with Crippen molar-refractivity contribution in [2.24, 2.45) is 12.8 Å². The predicted molar refractivity (Wildman–Crippen MR) is 71.2 cm³/mol. The molecule has 0 amide bonds. The number of hydrogen-bond acceptors (Lipinski definition) is 5. The van der Waals surface area contributed by atoms with Crippen LogP contribution in [0.4, 0.5) is 0 Å². The van der Waals surface area contributed by atoms with Gasteiger partial charge >= 0.3 is 0 Å². The van der Waals surface area contributed by atoms with Gasteiger partial charge in [-0.15, -0.1) is 5.10 Å². The maximum absolute atomic E-state index is 6.16. The summed E-state index contributed by atoms with van der Waals surface area (Å²) in [5, 5.41) is 7.72. The molecule has 2 N–H and O–H groups in total. The number of benzene rings is 1. The van der Waals surface area contributed by atoms with E-state index in [2.05, 4.69) is 10.3 Å². The van der Waals surface area contributed by atoms with E-state index in [-0.39, 0.29) is 6.04 Å². The second kappa shape index (κ2) is 5.71. The summed E-state index contributed by atoms with van der Waals surface area (Å²) in [7, 11) is 5.06. The van der Waals surface area contributed by atoms with Crippen LogP contribution in [-0.4, -0.2) is 29.2 Å². The van der Waals surface area contributed by atoms with Gasteiger partial charge in [-0.1, -0.05) is 11.3 Å². The minimum atomic E-state index is -0.155. The molecule has 0 aliphatic heterocycles. The topological polar surface area (TPSA) is 75.2 Å². The molecule has 1 aromatic heterocycles. The summed E-state index contributed by atoms with van der Waals surface area (Å²) in [6, 6.07) is 5.63. The Kier molecular flexibility index (Phi) is 4.01. The van der Waals surface area contributed by atoms with E-state index in [0.29, 0.717) is 17.9 Å². The first-order chi connectivity index (χ1) is 9.15. The van der Waals surface area contributed by atoms with Crippen molar-refractivity contribution in [1.82, 2.24) is 15.0 Å². The SMILES string of the molecule is COc1ccc(CC(N)c2cnnn2C)cc1OC. The van der Waals surface area contributed by atoms with Gasteiger partial charge in [0, 0.05) is 7.05 Å². The van der Waals surface area contributed by atoms with E-state index < -0.39 is 0 Å². The molecule has 0 radical (unpaired) electrons. The summed E-state index contributed by atoms with van der Waals surface area (Å²) in [4.78, 5) is 0. The van der Waals surface area contributed by atoms with Crippen LogP contribution in [0.2, 0.25) is 0 Å². The minimum absolute atomic E-state index is 0.155. The molecular formula is C13H18N4O2. The summed E-state index contributed by atoms with van der Waals surface area (Å²) in [5.74, 6) is 1.41. The summed E-state index contributed by atoms with van der Waals surface area (Å²) in [6.45, 7) is 0. The molecule has 6 nitrogen and oxygen atoms in total. The number of hydrogen-bond donors (Lipinski definition) is 1. The number of aryl methyl sites for hydroxylation is 1. The van der Waals surface area contributed by atoms with Crippen molar-refractivity contribution in [2.75, 3.05) is 14.2 Å². The van der Waals surface area contributed by atoms with E-state index in [9.17, 15) is 0 Å². The van der Waals surface area contributed by atoms with Crippen molar-refractivity contribution >= 4 is 0 Å². The largest absolute Gasteiger partial charge is 0.493 e. The first kappa shape index (κ1) is 13.4.